The Balaban J connectivity index is 1.94. The van der Waals surface area contributed by atoms with Crippen molar-refractivity contribution in [3.8, 4) is 0 Å². The Morgan fingerprint density at radius 3 is 2.06 bits per heavy atom. The second-order valence-electron chi connectivity index (χ2n) is 4.99. The summed E-state index contributed by atoms with van der Waals surface area (Å²) < 4.78 is 38.6. The van der Waals surface area contributed by atoms with E-state index < -0.39 is 12.2 Å². The van der Waals surface area contributed by atoms with Gasteiger partial charge in [-0.2, -0.15) is 13.2 Å². The third-order valence-corrected chi connectivity index (χ3v) is 3.70. The summed E-state index contributed by atoms with van der Waals surface area (Å²) in [6.07, 6.45) is -1.28. The molecule has 2 nitrogen and oxygen atoms in total. The molecular formula is C11H18F3NO. The first-order chi connectivity index (χ1) is 7.52. The molecule has 1 atom stereocenters. The number of rotatable bonds is 3. The minimum absolute atomic E-state index is 0.105. The number of alkyl halides is 3. The first kappa shape index (κ1) is 12.2. The monoisotopic (exact) mass is 237 g/mol. The summed E-state index contributed by atoms with van der Waals surface area (Å²) in [7, 11) is 0. The maximum Gasteiger partial charge on any atom is 0.404 e. The van der Waals surface area contributed by atoms with E-state index in [0.29, 0.717) is 38.8 Å². The molecule has 0 amide bonds. The van der Waals surface area contributed by atoms with Crippen LogP contribution in [0.2, 0.25) is 0 Å². The highest BCUT2D eigenvalue weighted by atomic mass is 19.4. The van der Waals surface area contributed by atoms with E-state index in [9.17, 15) is 13.2 Å². The number of aliphatic hydroxyl groups is 1. The van der Waals surface area contributed by atoms with E-state index in [1.807, 2.05) is 0 Å². The highest BCUT2D eigenvalue weighted by Gasteiger charge is 2.52. The van der Waals surface area contributed by atoms with Gasteiger partial charge in [-0.05, 0) is 50.6 Å². The molecule has 2 rings (SSSR count). The number of piperidine rings is 1. The average Bonchev–Trinajstić information content (AvgIpc) is 3.01. The highest BCUT2D eigenvalue weighted by molar-refractivity contribution is 4.94. The SMILES string of the molecule is OCC1CCN(C(C2CC2)C(F)(F)F)CC1. The normalized spacial score (nSPS) is 27.0. The minimum Gasteiger partial charge on any atom is -0.396 e. The molecule has 0 aromatic rings. The van der Waals surface area contributed by atoms with Gasteiger partial charge in [-0.15, -0.1) is 0 Å². The lowest BCUT2D eigenvalue weighted by Gasteiger charge is -2.38. The molecule has 1 N–H and O–H groups in total. The summed E-state index contributed by atoms with van der Waals surface area (Å²) in [6, 6.07) is -1.23. The number of hydrogen-bond donors (Lipinski definition) is 1. The molecule has 1 aliphatic carbocycles. The van der Waals surface area contributed by atoms with Gasteiger partial charge in [-0.3, -0.25) is 4.90 Å². The average molecular weight is 237 g/mol. The van der Waals surface area contributed by atoms with Crippen LogP contribution in [0.25, 0.3) is 0 Å². The largest absolute Gasteiger partial charge is 0.404 e. The Kier molecular flexibility index (Phi) is 3.45. The van der Waals surface area contributed by atoms with Crippen molar-refractivity contribution in [2.45, 2.75) is 37.9 Å². The zero-order valence-corrected chi connectivity index (χ0v) is 9.21. The Morgan fingerprint density at radius 2 is 1.69 bits per heavy atom. The summed E-state index contributed by atoms with van der Waals surface area (Å²) in [4.78, 5) is 1.57. The smallest absolute Gasteiger partial charge is 0.396 e. The standard InChI is InChI=1S/C11H18F3NO/c12-11(13,14)10(9-1-2-9)15-5-3-8(7-16)4-6-15/h8-10,16H,1-7H2. The predicted molar refractivity (Wildman–Crippen MR) is 53.9 cm³/mol. The van der Waals surface area contributed by atoms with Crippen molar-refractivity contribution in [3.05, 3.63) is 0 Å². The molecule has 0 aromatic heterocycles. The molecule has 0 spiro atoms. The molecule has 1 aliphatic heterocycles. The molecule has 2 aliphatic rings. The van der Waals surface area contributed by atoms with E-state index >= 15 is 0 Å². The van der Waals surface area contributed by atoms with E-state index in [0.717, 1.165) is 0 Å². The van der Waals surface area contributed by atoms with Gasteiger partial charge in [0, 0.05) is 6.61 Å². The van der Waals surface area contributed by atoms with E-state index in [4.69, 9.17) is 5.11 Å². The van der Waals surface area contributed by atoms with Crippen LogP contribution in [0.5, 0.6) is 0 Å². The summed E-state index contributed by atoms with van der Waals surface area (Å²) >= 11 is 0. The van der Waals surface area contributed by atoms with Crippen LogP contribution in [-0.4, -0.2) is 41.9 Å². The van der Waals surface area contributed by atoms with Gasteiger partial charge in [0.15, 0.2) is 0 Å². The fraction of sp³-hybridized carbons (Fsp3) is 1.00. The van der Waals surface area contributed by atoms with Gasteiger partial charge in [0.05, 0.1) is 0 Å². The first-order valence-electron chi connectivity index (χ1n) is 5.94. The molecular weight excluding hydrogens is 219 g/mol. The van der Waals surface area contributed by atoms with Gasteiger partial charge in [-0.25, -0.2) is 0 Å². The van der Waals surface area contributed by atoms with Crippen LogP contribution < -0.4 is 0 Å². The van der Waals surface area contributed by atoms with Crippen molar-refractivity contribution in [2.24, 2.45) is 11.8 Å². The zero-order valence-electron chi connectivity index (χ0n) is 9.21. The van der Waals surface area contributed by atoms with E-state index in [2.05, 4.69) is 0 Å². The van der Waals surface area contributed by atoms with Crippen LogP contribution in [0.15, 0.2) is 0 Å². The van der Waals surface area contributed by atoms with E-state index in [1.165, 1.54) is 0 Å². The maximum atomic E-state index is 12.9. The number of halogens is 3. The van der Waals surface area contributed by atoms with Crippen LogP contribution >= 0.6 is 0 Å². The van der Waals surface area contributed by atoms with E-state index in [1.54, 1.807) is 4.90 Å². The lowest BCUT2D eigenvalue weighted by Crippen LogP contribution is -2.50. The highest BCUT2D eigenvalue weighted by Crippen LogP contribution is 2.44. The zero-order chi connectivity index (χ0) is 11.8. The Morgan fingerprint density at radius 1 is 1.12 bits per heavy atom. The van der Waals surface area contributed by atoms with Crippen LogP contribution in [0.3, 0.4) is 0 Å². The third kappa shape index (κ3) is 2.69. The van der Waals surface area contributed by atoms with Crippen LogP contribution in [0.1, 0.15) is 25.7 Å². The molecule has 0 aromatic carbocycles. The number of hydrogen-bond acceptors (Lipinski definition) is 2. The number of aliphatic hydroxyl groups excluding tert-OH is 1. The topological polar surface area (TPSA) is 23.5 Å². The van der Waals surface area contributed by atoms with Gasteiger partial charge in [0.1, 0.15) is 6.04 Å². The van der Waals surface area contributed by atoms with Gasteiger partial charge in [-0.1, -0.05) is 0 Å². The summed E-state index contributed by atoms with van der Waals surface area (Å²) in [5, 5.41) is 8.96. The molecule has 0 radical (unpaired) electrons. The van der Waals surface area contributed by atoms with Gasteiger partial charge in [0.2, 0.25) is 0 Å². The van der Waals surface area contributed by atoms with Gasteiger partial charge in [0.25, 0.3) is 0 Å². The molecule has 16 heavy (non-hydrogen) atoms. The third-order valence-electron chi connectivity index (χ3n) is 3.70. The predicted octanol–water partition coefficient (Wildman–Crippen LogP) is 2.03. The molecule has 1 saturated heterocycles. The van der Waals surface area contributed by atoms with Crippen molar-refractivity contribution >= 4 is 0 Å². The fourth-order valence-electron chi connectivity index (χ4n) is 2.60. The Labute approximate surface area is 93.4 Å². The second kappa shape index (κ2) is 4.53. The van der Waals surface area contributed by atoms with Crippen molar-refractivity contribution in [1.29, 1.82) is 0 Å². The van der Waals surface area contributed by atoms with Crippen molar-refractivity contribution in [1.82, 2.24) is 4.90 Å². The fourth-order valence-corrected chi connectivity index (χ4v) is 2.60. The van der Waals surface area contributed by atoms with E-state index in [-0.39, 0.29) is 18.4 Å². The quantitative estimate of drug-likeness (QED) is 0.812. The maximum absolute atomic E-state index is 12.9. The molecule has 5 heteroatoms. The minimum atomic E-state index is -4.09. The second-order valence-corrected chi connectivity index (χ2v) is 4.99. The molecule has 2 fully saturated rings. The van der Waals surface area contributed by atoms with Crippen molar-refractivity contribution < 1.29 is 18.3 Å². The van der Waals surface area contributed by atoms with Crippen molar-refractivity contribution in [3.63, 3.8) is 0 Å². The molecule has 1 heterocycles. The van der Waals surface area contributed by atoms with Crippen LogP contribution in [0, 0.1) is 11.8 Å². The van der Waals surface area contributed by atoms with Crippen molar-refractivity contribution in [2.75, 3.05) is 19.7 Å². The number of likely N-dealkylation sites (tertiary alicyclic amines) is 1. The summed E-state index contributed by atoms with van der Waals surface area (Å²) in [6.45, 7) is 1.06. The molecule has 1 saturated carbocycles. The first-order valence-corrected chi connectivity index (χ1v) is 5.94. The lowest BCUT2D eigenvalue weighted by molar-refractivity contribution is -0.193. The van der Waals surface area contributed by atoms with Gasteiger partial charge >= 0.3 is 6.18 Å². The Hall–Kier alpha value is -0.290. The lowest BCUT2D eigenvalue weighted by atomic mass is 9.95. The molecule has 1 unspecified atom stereocenters. The number of nitrogens with zero attached hydrogens (tertiary/aromatic N) is 1. The molecule has 94 valence electrons. The summed E-state index contributed by atoms with van der Waals surface area (Å²) in [5.74, 6) is 0.0232. The van der Waals surface area contributed by atoms with Gasteiger partial charge < -0.3 is 5.11 Å². The Bertz CT molecular complexity index is 232. The summed E-state index contributed by atoms with van der Waals surface area (Å²) in [5.41, 5.74) is 0. The molecule has 0 bridgehead atoms. The van der Waals surface area contributed by atoms with Crippen LogP contribution in [-0.2, 0) is 0 Å². The van der Waals surface area contributed by atoms with Crippen LogP contribution in [0.4, 0.5) is 13.2 Å².